The molecule has 5 aromatic carbocycles. The van der Waals surface area contributed by atoms with Gasteiger partial charge in [0.25, 0.3) is 17.7 Å². The lowest BCUT2D eigenvalue weighted by atomic mass is 9.85. The number of nitrogens with two attached hydrogens (primary N) is 1. The minimum Gasteiger partial charge on any atom is -0.489 e. The Morgan fingerprint density at radius 1 is 0.662 bits per heavy atom. The topological polar surface area (TPSA) is 226 Å². The molecule has 2 aliphatic heterocycles. The highest BCUT2D eigenvalue weighted by atomic mass is 32.2. The zero-order valence-electron chi connectivity index (χ0n) is 36.8. The average molecular weight is 939 g/mol. The Kier molecular flexibility index (Phi) is 15.6. The highest BCUT2D eigenvalue weighted by Crippen LogP contribution is 2.34. The van der Waals surface area contributed by atoms with Crippen molar-refractivity contribution in [3.8, 4) is 11.5 Å². The molecule has 0 bridgehead atoms. The van der Waals surface area contributed by atoms with Crippen LogP contribution in [0.2, 0.25) is 0 Å². The number of carbonyl (C=O) groups excluding carboxylic acids is 9. The maximum Gasteiger partial charge on any atom is 0.352 e. The molecule has 68 heavy (non-hydrogen) atoms. The Morgan fingerprint density at radius 2 is 1.15 bits per heavy atom. The van der Waals surface area contributed by atoms with Crippen molar-refractivity contribution < 1.29 is 57.5 Å². The van der Waals surface area contributed by atoms with Crippen molar-refractivity contribution in [2.24, 2.45) is 23.5 Å². The van der Waals surface area contributed by atoms with Crippen LogP contribution in [0.15, 0.2) is 127 Å². The van der Waals surface area contributed by atoms with Gasteiger partial charge in [-0.25, -0.2) is 4.79 Å². The van der Waals surface area contributed by atoms with Gasteiger partial charge in [0, 0.05) is 70.7 Å². The molecule has 0 aliphatic carbocycles. The van der Waals surface area contributed by atoms with Gasteiger partial charge < -0.3 is 25.4 Å². The van der Waals surface area contributed by atoms with Crippen LogP contribution < -0.4 is 20.5 Å². The molecular weight excluding hydrogens is 893 g/mol. The summed E-state index contributed by atoms with van der Waals surface area (Å²) in [7, 11) is 0. The van der Waals surface area contributed by atoms with Gasteiger partial charge in [-0.3, -0.25) is 43.3 Å². The Bertz CT molecular complexity index is 2600. The number of amides is 6. The van der Waals surface area contributed by atoms with Crippen LogP contribution in [0.5, 0.6) is 11.5 Å². The number of hydrogen-bond acceptors (Lipinski definition) is 13. The van der Waals surface area contributed by atoms with Gasteiger partial charge >= 0.3 is 5.97 Å². The van der Waals surface area contributed by atoms with Crippen molar-refractivity contribution in [2.75, 3.05) is 24.6 Å². The Labute approximate surface area is 395 Å². The number of likely N-dealkylation sites (tertiary alicyclic amines) is 1. The van der Waals surface area contributed by atoms with Gasteiger partial charge in [-0.2, -0.15) is 11.8 Å². The van der Waals surface area contributed by atoms with Gasteiger partial charge in [0.2, 0.25) is 17.7 Å². The van der Waals surface area contributed by atoms with Gasteiger partial charge in [0.1, 0.15) is 31.3 Å². The molecule has 0 saturated carbocycles. The van der Waals surface area contributed by atoms with Crippen molar-refractivity contribution in [3.05, 3.63) is 166 Å². The van der Waals surface area contributed by atoms with Crippen LogP contribution in [0.3, 0.4) is 0 Å². The van der Waals surface area contributed by atoms with E-state index in [1.807, 2.05) is 12.1 Å². The number of hydroxylamine groups is 2. The number of primary amides is 1. The molecular formula is C51H46N4O12S. The number of imide groups is 2. The molecule has 17 heteroatoms. The molecule has 5 aromatic rings. The molecule has 7 rings (SSSR count). The summed E-state index contributed by atoms with van der Waals surface area (Å²) in [4.78, 5) is 120. The molecule has 16 nitrogen and oxygen atoms in total. The van der Waals surface area contributed by atoms with Gasteiger partial charge in [-0.05, 0) is 23.3 Å². The predicted octanol–water partition coefficient (Wildman–Crippen LogP) is 5.10. The van der Waals surface area contributed by atoms with Crippen LogP contribution in [-0.2, 0) is 46.8 Å². The largest absolute Gasteiger partial charge is 0.489 e. The molecule has 0 radical (unpaired) electrons. The second kappa shape index (κ2) is 22.0. The number of thioether (sulfide) groups is 1. The third-order valence-electron chi connectivity index (χ3n) is 11.3. The Balaban J connectivity index is 0.969. The first-order valence-electron chi connectivity index (χ1n) is 21.6. The van der Waals surface area contributed by atoms with E-state index in [0.29, 0.717) is 43.7 Å². The van der Waals surface area contributed by atoms with Crippen LogP contribution in [0, 0.1) is 17.8 Å². The van der Waals surface area contributed by atoms with Crippen LogP contribution in [0.1, 0.15) is 73.1 Å². The van der Waals surface area contributed by atoms with Crippen molar-refractivity contribution in [1.29, 1.82) is 0 Å². The molecule has 2 aliphatic rings. The molecule has 3 atom stereocenters. The standard InChI is InChI=1S/C51H46N4O12S/c1-31-45(51(64)54(50(31)63)27-44(58)67-55-42(56)20-21-43(55)57)41(48(52)61)30-68-23-22-53-49(62)38-24-39(65-28-32-12-16-36(17-13-32)46(59)34-8-4-2-5-9-34)26-40(25-38)66-29-33-14-18-37(19-15-33)47(60)35-10-6-3-7-11-35/h2-19,24-26,31,41,45H,20-23,27-30H2,1H3,(H2,52,61)(H,53,62). The van der Waals surface area contributed by atoms with E-state index < -0.39 is 65.7 Å². The van der Waals surface area contributed by atoms with E-state index in [9.17, 15) is 43.2 Å². The summed E-state index contributed by atoms with van der Waals surface area (Å²) in [5.41, 5.74) is 9.65. The molecule has 2 saturated heterocycles. The summed E-state index contributed by atoms with van der Waals surface area (Å²) in [6.07, 6.45) is -0.270. The smallest absolute Gasteiger partial charge is 0.352 e. The SMILES string of the molecule is CC1C(=O)N(CC(=O)ON2C(=O)CCC2=O)C(=O)C1C(CSCCNC(=O)c1cc(OCc2ccc(C(=O)c3ccccc3)cc2)cc(OCc2ccc(C(=O)c3ccccc3)cc2)c1)C(N)=O. The Hall–Kier alpha value is -7.92. The van der Waals surface area contributed by atoms with Gasteiger partial charge in [-0.15, -0.1) is 5.06 Å². The first kappa shape index (κ1) is 48.0. The van der Waals surface area contributed by atoms with Gasteiger partial charge in [0.05, 0.1) is 11.8 Å². The predicted molar refractivity (Wildman–Crippen MR) is 247 cm³/mol. The van der Waals surface area contributed by atoms with E-state index in [0.717, 1.165) is 11.1 Å². The Morgan fingerprint density at radius 3 is 1.63 bits per heavy atom. The molecule has 0 spiro atoms. The third-order valence-corrected chi connectivity index (χ3v) is 12.4. The van der Waals surface area contributed by atoms with Crippen molar-refractivity contribution >= 4 is 64.7 Å². The lowest BCUT2D eigenvalue weighted by Crippen LogP contribution is -2.42. The number of rotatable bonds is 21. The summed E-state index contributed by atoms with van der Waals surface area (Å²) < 4.78 is 12.3. The summed E-state index contributed by atoms with van der Waals surface area (Å²) in [6, 6.07) is 36.7. The summed E-state index contributed by atoms with van der Waals surface area (Å²) in [6.45, 7) is 0.909. The van der Waals surface area contributed by atoms with E-state index in [4.69, 9.17) is 20.0 Å². The number of ether oxygens (including phenoxy) is 2. The van der Waals surface area contributed by atoms with E-state index in [2.05, 4.69) is 5.32 Å². The second-order valence-electron chi connectivity index (χ2n) is 16.0. The molecule has 0 aromatic heterocycles. The highest BCUT2D eigenvalue weighted by Gasteiger charge is 2.51. The van der Waals surface area contributed by atoms with Crippen LogP contribution in [-0.4, -0.2) is 87.5 Å². The highest BCUT2D eigenvalue weighted by molar-refractivity contribution is 7.99. The molecule has 2 fully saturated rings. The fraction of sp³-hybridized carbons (Fsp3) is 0.235. The molecule has 348 valence electrons. The van der Waals surface area contributed by atoms with Crippen molar-refractivity contribution in [2.45, 2.75) is 33.0 Å². The lowest BCUT2D eigenvalue weighted by molar-refractivity contribution is -0.198. The van der Waals surface area contributed by atoms with Gasteiger partial charge in [-0.1, -0.05) is 116 Å². The minimum absolute atomic E-state index is 0.0123. The third kappa shape index (κ3) is 11.7. The number of hydrogen-bond donors (Lipinski definition) is 2. The number of carbonyl (C=O) groups is 9. The minimum atomic E-state index is -1.18. The normalized spacial score (nSPS) is 16.1. The van der Waals surface area contributed by atoms with E-state index in [-0.39, 0.29) is 61.2 Å². The maximum atomic E-state index is 13.6. The fourth-order valence-electron chi connectivity index (χ4n) is 7.63. The molecule has 3 N–H and O–H groups in total. The fourth-order valence-corrected chi connectivity index (χ4v) is 8.67. The zero-order chi connectivity index (χ0) is 48.3. The van der Waals surface area contributed by atoms with Crippen molar-refractivity contribution in [1.82, 2.24) is 15.3 Å². The average Bonchev–Trinajstić information content (AvgIpc) is 3.78. The quantitative estimate of drug-likeness (QED) is 0.0556. The first-order chi connectivity index (χ1) is 32.8. The van der Waals surface area contributed by atoms with E-state index >= 15 is 0 Å². The number of benzene rings is 5. The number of nitrogens with one attached hydrogen (secondary N) is 1. The number of ketones is 2. The summed E-state index contributed by atoms with van der Waals surface area (Å²) >= 11 is 1.21. The summed E-state index contributed by atoms with van der Waals surface area (Å²) in [5.74, 6) is -8.08. The van der Waals surface area contributed by atoms with Gasteiger partial charge in [0.15, 0.2) is 11.6 Å². The van der Waals surface area contributed by atoms with Crippen LogP contribution in [0.4, 0.5) is 0 Å². The lowest BCUT2D eigenvalue weighted by Gasteiger charge is -2.21. The van der Waals surface area contributed by atoms with Crippen LogP contribution >= 0.6 is 11.8 Å². The molecule has 6 amide bonds. The second-order valence-corrected chi connectivity index (χ2v) is 17.2. The summed E-state index contributed by atoms with van der Waals surface area (Å²) in [5, 5.41) is 3.15. The zero-order valence-corrected chi connectivity index (χ0v) is 37.6. The van der Waals surface area contributed by atoms with Crippen molar-refractivity contribution in [3.63, 3.8) is 0 Å². The monoisotopic (exact) mass is 938 g/mol. The van der Waals surface area contributed by atoms with E-state index in [1.54, 1.807) is 115 Å². The van der Waals surface area contributed by atoms with E-state index in [1.165, 1.54) is 18.7 Å². The molecule has 3 unspecified atom stereocenters. The first-order valence-corrected chi connectivity index (χ1v) is 22.8. The molecule has 2 heterocycles. The maximum absolute atomic E-state index is 13.6. The van der Waals surface area contributed by atoms with Crippen LogP contribution in [0.25, 0.3) is 0 Å². The number of nitrogens with zero attached hydrogens (tertiary/aromatic N) is 2.